The molecule has 0 radical (unpaired) electrons. The first-order valence-corrected chi connectivity index (χ1v) is 15.5. The Labute approximate surface area is 277 Å². The van der Waals surface area contributed by atoms with E-state index in [1.54, 1.807) is 55.6 Å². The number of nitrogens with one attached hydrogen (secondary N) is 2. The number of rotatable bonds is 8. The minimum absolute atomic E-state index is 0.0453. The molecule has 3 aromatic carbocycles. The fourth-order valence-corrected chi connectivity index (χ4v) is 5.95. The molecule has 1 amide bonds. The van der Waals surface area contributed by atoms with Crippen molar-refractivity contribution < 1.29 is 14.3 Å². The van der Waals surface area contributed by atoms with Crippen molar-refractivity contribution in [3.63, 3.8) is 0 Å². The Kier molecular flexibility index (Phi) is 7.70. The van der Waals surface area contributed by atoms with E-state index < -0.39 is 28.5 Å². The van der Waals surface area contributed by atoms with Gasteiger partial charge in [0.2, 0.25) is 5.91 Å². The van der Waals surface area contributed by atoms with Gasteiger partial charge in [-0.05, 0) is 74.7 Å². The zero-order valence-corrected chi connectivity index (χ0v) is 26.8. The van der Waals surface area contributed by atoms with Crippen molar-refractivity contribution in [2.24, 2.45) is 7.05 Å². The number of hydrogen-bond donors (Lipinski definition) is 3. The van der Waals surface area contributed by atoms with Crippen molar-refractivity contribution in [1.82, 2.24) is 28.7 Å². The Morgan fingerprint density at radius 1 is 1.00 bits per heavy atom. The lowest BCUT2D eigenvalue weighted by molar-refractivity contribution is -0.116. The number of hydrogen-bond acceptors (Lipinski definition) is 8. The van der Waals surface area contributed by atoms with Gasteiger partial charge in [0.1, 0.15) is 35.0 Å². The highest BCUT2D eigenvalue weighted by atomic mass is 19.1. The molecule has 0 aliphatic heterocycles. The predicted octanol–water partition coefficient (Wildman–Crippen LogP) is 4.29. The van der Waals surface area contributed by atoms with E-state index in [0.29, 0.717) is 41.0 Å². The molecule has 1 fully saturated rings. The molecule has 0 saturated heterocycles. The third-order valence-electron chi connectivity index (χ3n) is 8.51. The maximum Gasteiger partial charge on any atom is 0.336 e. The van der Waals surface area contributed by atoms with Crippen molar-refractivity contribution in [3.8, 4) is 22.7 Å². The zero-order valence-electron chi connectivity index (χ0n) is 26.8. The van der Waals surface area contributed by atoms with Crippen LogP contribution in [0.2, 0.25) is 0 Å². The first kappa shape index (κ1) is 31.3. The molecule has 1 saturated carbocycles. The molecule has 1 aliphatic rings. The highest BCUT2D eigenvalue weighted by Gasteiger charge is 2.31. The van der Waals surface area contributed by atoms with Crippen LogP contribution in [0.5, 0.6) is 5.75 Å². The standard InChI is InChI=1S/C35H31FN8O5/c1-19-10-13-27(26(36)14-19)38-32-30-31(20(2)33(47)41(32)3)43(35(49)44(34(30)48)23-11-12-23)24-8-5-7-22(16-24)37-29(46)18-42-17-28(39-40-42)21-6-4-9-25(45)15-21/h4-10,13-17,23,38,45H,11-12,18H2,1-3H3,(H,37,46). The number of nitrogens with zero attached hydrogens (tertiary/aromatic N) is 6. The van der Waals surface area contributed by atoms with Gasteiger partial charge in [0, 0.05) is 29.9 Å². The summed E-state index contributed by atoms with van der Waals surface area (Å²) < 4.78 is 20.1. The number of aryl methyl sites for hydroxylation is 2. The molecule has 49 heavy (non-hydrogen) atoms. The van der Waals surface area contributed by atoms with Crippen LogP contribution in [0.3, 0.4) is 0 Å². The Bertz CT molecular complexity index is 2490. The van der Waals surface area contributed by atoms with Crippen molar-refractivity contribution >= 4 is 34.0 Å². The van der Waals surface area contributed by atoms with Crippen LogP contribution in [0.4, 0.5) is 21.6 Å². The maximum atomic E-state index is 15.0. The van der Waals surface area contributed by atoms with Gasteiger partial charge >= 0.3 is 5.69 Å². The summed E-state index contributed by atoms with van der Waals surface area (Å²) >= 11 is 0. The Morgan fingerprint density at radius 2 is 1.78 bits per heavy atom. The number of carbonyl (C=O) groups excluding carboxylic acids is 1. The van der Waals surface area contributed by atoms with Crippen LogP contribution in [0, 0.1) is 19.7 Å². The molecule has 3 aromatic heterocycles. The molecule has 0 atom stereocenters. The van der Waals surface area contributed by atoms with Crippen molar-refractivity contribution in [3.05, 3.63) is 121 Å². The monoisotopic (exact) mass is 662 g/mol. The second kappa shape index (κ2) is 12.0. The van der Waals surface area contributed by atoms with E-state index in [1.165, 1.54) is 56.6 Å². The highest BCUT2D eigenvalue weighted by molar-refractivity contribution is 5.94. The topological polar surface area (TPSA) is 158 Å². The first-order valence-electron chi connectivity index (χ1n) is 15.5. The normalized spacial score (nSPS) is 12.7. The predicted molar refractivity (Wildman–Crippen MR) is 182 cm³/mol. The van der Waals surface area contributed by atoms with E-state index in [0.717, 1.165) is 0 Å². The van der Waals surface area contributed by atoms with Gasteiger partial charge in [-0.25, -0.2) is 13.9 Å². The van der Waals surface area contributed by atoms with Crippen LogP contribution in [0.15, 0.2) is 87.3 Å². The van der Waals surface area contributed by atoms with Gasteiger partial charge in [-0.3, -0.25) is 28.1 Å². The van der Waals surface area contributed by atoms with Crippen LogP contribution in [-0.4, -0.2) is 39.7 Å². The minimum Gasteiger partial charge on any atom is -0.508 e. The number of halogens is 1. The van der Waals surface area contributed by atoms with Crippen molar-refractivity contribution in [2.45, 2.75) is 39.3 Å². The van der Waals surface area contributed by atoms with E-state index in [-0.39, 0.29) is 46.3 Å². The fraction of sp³-hybridized carbons (Fsp3) is 0.200. The molecule has 3 heterocycles. The molecule has 0 unspecified atom stereocenters. The van der Waals surface area contributed by atoms with Gasteiger partial charge < -0.3 is 15.7 Å². The third kappa shape index (κ3) is 5.77. The number of aromatic nitrogens is 6. The number of benzene rings is 3. The summed E-state index contributed by atoms with van der Waals surface area (Å²) in [5.41, 5.74) is 1.04. The number of pyridine rings is 1. The molecule has 0 bridgehead atoms. The number of fused-ring (bicyclic) bond motifs is 1. The summed E-state index contributed by atoms with van der Waals surface area (Å²) in [6, 6.07) is 17.2. The quantitative estimate of drug-likeness (QED) is 0.218. The summed E-state index contributed by atoms with van der Waals surface area (Å²) in [4.78, 5) is 54.9. The summed E-state index contributed by atoms with van der Waals surface area (Å²) in [5, 5.41) is 23.7. The lowest BCUT2D eigenvalue weighted by atomic mass is 10.1. The van der Waals surface area contributed by atoms with Gasteiger partial charge in [-0.2, -0.15) is 0 Å². The maximum absolute atomic E-state index is 15.0. The van der Waals surface area contributed by atoms with Gasteiger partial charge in [0.05, 0.1) is 23.1 Å². The molecule has 13 nitrogen and oxygen atoms in total. The molecule has 7 rings (SSSR count). The SMILES string of the molecule is Cc1ccc(Nc2c3c(=O)n(C4CC4)c(=O)n(-c4cccc(NC(=O)Cn5cc(-c6cccc(O)c6)nn5)c4)c3c(C)c(=O)n2C)c(F)c1. The number of phenols is 1. The summed E-state index contributed by atoms with van der Waals surface area (Å²) in [6.45, 7) is 3.11. The average Bonchev–Trinajstić information content (AvgIpc) is 3.79. The van der Waals surface area contributed by atoms with Crippen molar-refractivity contribution in [2.75, 3.05) is 10.6 Å². The molecular weight excluding hydrogens is 631 g/mol. The van der Waals surface area contributed by atoms with E-state index in [9.17, 15) is 24.3 Å². The fourth-order valence-electron chi connectivity index (χ4n) is 5.95. The van der Waals surface area contributed by atoms with Crippen LogP contribution in [-0.2, 0) is 18.4 Å². The van der Waals surface area contributed by atoms with Crippen LogP contribution >= 0.6 is 0 Å². The summed E-state index contributed by atoms with van der Waals surface area (Å²) in [7, 11) is 1.48. The Hall–Kier alpha value is -6.31. The second-order valence-corrected chi connectivity index (χ2v) is 12.1. The summed E-state index contributed by atoms with van der Waals surface area (Å²) in [6.07, 6.45) is 2.84. The van der Waals surface area contributed by atoms with Gasteiger partial charge in [0.25, 0.3) is 11.1 Å². The summed E-state index contributed by atoms with van der Waals surface area (Å²) in [5.74, 6) is -0.876. The number of phenolic OH excluding ortho intramolecular Hbond substituents is 1. The first-order chi connectivity index (χ1) is 23.5. The minimum atomic E-state index is -0.630. The highest BCUT2D eigenvalue weighted by Crippen LogP contribution is 2.34. The van der Waals surface area contributed by atoms with E-state index in [1.807, 2.05) is 0 Å². The number of aromatic hydroxyl groups is 1. The average molecular weight is 663 g/mol. The van der Waals surface area contributed by atoms with Crippen molar-refractivity contribution in [1.29, 1.82) is 0 Å². The molecular formula is C35H31FN8O5. The van der Waals surface area contributed by atoms with E-state index >= 15 is 4.39 Å². The molecule has 14 heteroatoms. The Balaban J connectivity index is 1.30. The van der Waals surface area contributed by atoms with Crippen LogP contribution in [0.1, 0.15) is 30.0 Å². The Morgan fingerprint density at radius 3 is 2.51 bits per heavy atom. The van der Waals surface area contributed by atoms with E-state index in [2.05, 4.69) is 20.9 Å². The number of anilines is 3. The number of amides is 1. The van der Waals surface area contributed by atoms with Crippen LogP contribution in [0.25, 0.3) is 27.8 Å². The van der Waals surface area contributed by atoms with Gasteiger partial charge in [0.15, 0.2) is 0 Å². The largest absolute Gasteiger partial charge is 0.508 e. The lowest BCUT2D eigenvalue weighted by Crippen LogP contribution is -2.41. The van der Waals surface area contributed by atoms with Crippen LogP contribution < -0.4 is 27.4 Å². The molecule has 248 valence electrons. The molecule has 6 aromatic rings. The smallest absolute Gasteiger partial charge is 0.336 e. The third-order valence-corrected chi connectivity index (χ3v) is 8.51. The molecule has 1 aliphatic carbocycles. The molecule has 3 N–H and O–H groups in total. The van der Waals surface area contributed by atoms with E-state index in [4.69, 9.17) is 0 Å². The molecule has 0 spiro atoms. The van der Waals surface area contributed by atoms with Gasteiger partial charge in [-0.1, -0.05) is 29.5 Å². The van der Waals surface area contributed by atoms with Gasteiger partial charge in [-0.15, -0.1) is 5.10 Å². The zero-order chi connectivity index (χ0) is 34.6. The second-order valence-electron chi connectivity index (χ2n) is 12.1. The lowest BCUT2D eigenvalue weighted by Gasteiger charge is -2.21. The number of carbonyl (C=O) groups is 1.